The molecule has 0 aromatic heterocycles. The van der Waals surface area contributed by atoms with E-state index < -0.39 is 65.4 Å². The second kappa shape index (κ2) is 15.9. The number of hydrogen-bond donors (Lipinski definition) is 2. The van der Waals surface area contributed by atoms with Crippen molar-refractivity contribution in [3.8, 4) is 5.75 Å². The SMILES string of the molecule is COc1c(CC(NC(=O)C(NC(=O)OC(C)(C)C)c2ccc(C(=O)OC(C)(C)C)c(Cl)c2Cl)B2O[C@@H]3C[C@@H]4C[C@@H](C4(C)C)[C@]3(C)O2)cccc1C(=O)OC(C)(C)C. The largest absolute Gasteiger partial charge is 0.496 e. The second-order valence-corrected chi connectivity index (χ2v) is 19.8. The predicted molar refractivity (Wildman–Crippen MR) is 218 cm³/mol. The first-order valence-corrected chi connectivity index (χ1v) is 20.1. The lowest BCUT2D eigenvalue weighted by atomic mass is 9.43. The lowest BCUT2D eigenvalue weighted by molar-refractivity contribution is -0.199. The summed E-state index contributed by atoms with van der Waals surface area (Å²) in [6.45, 7) is 22.1. The zero-order chi connectivity index (χ0) is 42.6. The summed E-state index contributed by atoms with van der Waals surface area (Å²) in [7, 11) is 0.520. The van der Waals surface area contributed by atoms with Gasteiger partial charge in [-0.1, -0.05) is 55.2 Å². The smallest absolute Gasteiger partial charge is 0.482 e. The summed E-state index contributed by atoms with van der Waals surface area (Å²) in [4.78, 5) is 54.4. The summed E-state index contributed by atoms with van der Waals surface area (Å²) in [6, 6.07) is 6.47. The van der Waals surface area contributed by atoms with Crippen LogP contribution in [-0.2, 0) is 34.7 Å². The van der Waals surface area contributed by atoms with Gasteiger partial charge in [0.2, 0.25) is 5.91 Å². The summed E-state index contributed by atoms with van der Waals surface area (Å²) in [5.41, 5.74) is -2.19. The van der Waals surface area contributed by atoms with Crippen molar-refractivity contribution < 1.29 is 47.4 Å². The third kappa shape index (κ3) is 9.69. The van der Waals surface area contributed by atoms with E-state index in [4.69, 9.17) is 51.5 Å². The van der Waals surface area contributed by atoms with Gasteiger partial charge in [-0.05, 0) is 123 Å². The van der Waals surface area contributed by atoms with Crippen LogP contribution < -0.4 is 15.4 Å². The minimum atomic E-state index is -1.47. The number of amides is 2. The van der Waals surface area contributed by atoms with Crippen LogP contribution in [0.3, 0.4) is 0 Å². The van der Waals surface area contributed by atoms with Crippen LogP contribution in [-0.4, -0.2) is 72.6 Å². The van der Waals surface area contributed by atoms with E-state index in [0.717, 1.165) is 12.8 Å². The molecule has 4 aliphatic rings. The fourth-order valence-electron chi connectivity index (χ4n) is 8.26. The lowest BCUT2D eigenvalue weighted by Gasteiger charge is -2.64. The molecule has 2 aromatic rings. The fraction of sp³-hybridized carbons (Fsp3) is 0.619. The van der Waals surface area contributed by atoms with Gasteiger partial charge in [-0.2, -0.15) is 0 Å². The molecule has 6 atom stereocenters. The number of nitrogens with one attached hydrogen (secondary N) is 2. The molecule has 4 fully saturated rings. The Labute approximate surface area is 346 Å². The number of carbonyl (C=O) groups excluding carboxylic acids is 4. The van der Waals surface area contributed by atoms with Gasteiger partial charge >= 0.3 is 25.2 Å². The standard InChI is InChI=1S/C42H57BCl2N2O10/c1-38(2,3)53-35(49)25-18-17-24(30(44)31(25)45)32(47-37(51)55-40(7,8)9)34(48)46-29(43-56-28-21-23-20-27(41(23,10)11)42(28,12)57-43)19-22-15-14-16-26(33(22)52-13)36(50)54-39(4,5)6/h14-18,23,27-29,32H,19-21H2,1-13H3,(H,46,48)(H,47,51)/t23-,27-,28+,29?,32?,42-/m0/s1. The van der Waals surface area contributed by atoms with Crippen LogP contribution in [0.4, 0.5) is 4.79 Å². The average Bonchev–Trinajstić information content (AvgIpc) is 3.43. The molecular formula is C42H57BCl2N2O10. The average molecular weight is 832 g/mol. The number of alkyl carbamates (subject to hydrolysis) is 1. The molecule has 2 aromatic carbocycles. The molecule has 1 saturated heterocycles. The zero-order valence-electron chi connectivity index (χ0n) is 35.3. The summed E-state index contributed by atoms with van der Waals surface area (Å²) >= 11 is 13.5. The Bertz CT molecular complexity index is 1900. The Hall–Kier alpha value is -3.52. The van der Waals surface area contributed by atoms with E-state index in [1.54, 1.807) is 80.5 Å². The lowest BCUT2D eigenvalue weighted by Crippen LogP contribution is -2.65. The summed E-state index contributed by atoms with van der Waals surface area (Å²) in [5, 5.41) is 5.43. The van der Waals surface area contributed by atoms with Gasteiger partial charge in [0, 0.05) is 5.56 Å². The van der Waals surface area contributed by atoms with Crippen LogP contribution in [0, 0.1) is 17.3 Å². The zero-order valence-corrected chi connectivity index (χ0v) is 36.8. The van der Waals surface area contributed by atoms with Gasteiger partial charge in [-0.3, -0.25) is 4.79 Å². The molecule has 12 nitrogen and oxygen atoms in total. The summed E-state index contributed by atoms with van der Waals surface area (Å²) < 4.78 is 36.1. The molecule has 2 N–H and O–H groups in total. The van der Waals surface area contributed by atoms with Crippen molar-refractivity contribution in [1.29, 1.82) is 0 Å². The normalized spacial score (nSPS) is 23.6. The minimum Gasteiger partial charge on any atom is -0.496 e. The van der Waals surface area contributed by atoms with E-state index in [1.165, 1.54) is 19.2 Å². The number of methoxy groups -OCH3 is 1. The van der Waals surface area contributed by atoms with Gasteiger partial charge in [0.15, 0.2) is 0 Å². The van der Waals surface area contributed by atoms with E-state index in [2.05, 4.69) is 31.4 Å². The highest BCUT2D eigenvalue weighted by molar-refractivity contribution is 6.48. The van der Waals surface area contributed by atoms with Gasteiger partial charge < -0.3 is 38.9 Å². The molecule has 0 spiro atoms. The number of esters is 2. The number of benzene rings is 2. The molecule has 6 rings (SSSR count). The third-order valence-electron chi connectivity index (χ3n) is 10.9. The minimum absolute atomic E-state index is 0.0171. The number of carbonyl (C=O) groups is 4. The van der Waals surface area contributed by atoms with Crippen molar-refractivity contribution in [2.24, 2.45) is 17.3 Å². The third-order valence-corrected chi connectivity index (χ3v) is 11.8. The topological polar surface area (TPSA) is 148 Å². The van der Waals surface area contributed by atoms with Crippen LogP contribution in [0.1, 0.15) is 134 Å². The monoisotopic (exact) mass is 830 g/mol. The first kappa shape index (κ1) is 44.6. The highest BCUT2D eigenvalue weighted by atomic mass is 35.5. The Morgan fingerprint density at radius 3 is 1.98 bits per heavy atom. The van der Waals surface area contributed by atoms with E-state index >= 15 is 0 Å². The van der Waals surface area contributed by atoms with E-state index in [0.29, 0.717) is 11.5 Å². The van der Waals surface area contributed by atoms with E-state index in [-0.39, 0.29) is 56.3 Å². The number of hydrogen-bond acceptors (Lipinski definition) is 10. The Morgan fingerprint density at radius 1 is 0.825 bits per heavy atom. The molecule has 57 heavy (non-hydrogen) atoms. The number of rotatable bonds is 10. The molecule has 312 valence electrons. The number of halogens is 2. The van der Waals surface area contributed by atoms with Crippen LogP contribution in [0.2, 0.25) is 10.0 Å². The maximum Gasteiger partial charge on any atom is 0.482 e. The second-order valence-electron chi connectivity index (χ2n) is 19.1. The Balaban J connectivity index is 1.55. The predicted octanol–water partition coefficient (Wildman–Crippen LogP) is 8.47. The van der Waals surface area contributed by atoms with Crippen molar-refractivity contribution in [2.45, 2.75) is 143 Å². The van der Waals surface area contributed by atoms with Crippen LogP contribution in [0.5, 0.6) is 5.75 Å². The molecule has 1 heterocycles. The molecule has 2 unspecified atom stereocenters. The number of ether oxygens (including phenoxy) is 4. The molecule has 1 aliphatic heterocycles. The van der Waals surface area contributed by atoms with Crippen molar-refractivity contribution in [3.63, 3.8) is 0 Å². The molecule has 3 saturated carbocycles. The number of para-hydroxylation sites is 1. The summed E-state index contributed by atoms with van der Waals surface area (Å²) in [5.74, 6) is -1.90. The quantitative estimate of drug-likeness (QED) is 0.136. The van der Waals surface area contributed by atoms with Crippen molar-refractivity contribution in [3.05, 3.63) is 62.6 Å². The summed E-state index contributed by atoms with van der Waals surface area (Å²) in [6.07, 6.45) is 0.776. The van der Waals surface area contributed by atoms with E-state index in [9.17, 15) is 19.2 Å². The van der Waals surface area contributed by atoms with Crippen LogP contribution >= 0.6 is 23.2 Å². The Kier molecular flexibility index (Phi) is 12.5. The molecule has 2 amide bonds. The highest BCUT2D eigenvalue weighted by Crippen LogP contribution is 2.65. The molecule has 2 bridgehead atoms. The van der Waals surface area contributed by atoms with Gasteiger partial charge in [-0.25, -0.2) is 14.4 Å². The van der Waals surface area contributed by atoms with Gasteiger partial charge in [0.05, 0.1) is 40.4 Å². The first-order valence-electron chi connectivity index (χ1n) is 19.4. The van der Waals surface area contributed by atoms with Crippen molar-refractivity contribution >= 4 is 54.3 Å². The maximum absolute atomic E-state index is 14.7. The van der Waals surface area contributed by atoms with Gasteiger partial charge in [0.1, 0.15) is 34.2 Å². The van der Waals surface area contributed by atoms with Crippen molar-refractivity contribution in [2.75, 3.05) is 7.11 Å². The molecular weight excluding hydrogens is 774 g/mol. The van der Waals surface area contributed by atoms with Crippen LogP contribution in [0.15, 0.2) is 30.3 Å². The Morgan fingerprint density at radius 2 is 1.42 bits per heavy atom. The van der Waals surface area contributed by atoms with Crippen molar-refractivity contribution in [1.82, 2.24) is 10.6 Å². The highest BCUT2D eigenvalue weighted by Gasteiger charge is 2.68. The maximum atomic E-state index is 14.7. The van der Waals surface area contributed by atoms with E-state index in [1.807, 2.05) is 0 Å². The van der Waals surface area contributed by atoms with Crippen LogP contribution in [0.25, 0.3) is 0 Å². The molecule has 15 heteroatoms. The fourth-order valence-corrected chi connectivity index (χ4v) is 8.78. The molecule has 3 aliphatic carbocycles. The first-order chi connectivity index (χ1) is 26.1. The van der Waals surface area contributed by atoms with Gasteiger partial charge in [0.25, 0.3) is 0 Å². The molecule has 0 radical (unpaired) electrons. The van der Waals surface area contributed by atoms with Gasteiger partial charge in [-0.15, -0.1) is 0 Å².